The van der Waals surface area contributed by atoms with Crippen LogP contribution in [0.25, 0.3) is 11.3 Å². The highest BCUT2D eigenvalue weighted by Crippen LogP contribution is 2.39. The maximum absolute atomic E-state index is 13.2. The fraction of sp³-hybridized carbons (Fsp3) is 0.414. The van der Waals surface area contributed by atoms with Crippen molar-refractivity contribution in [2.45, 2.75) is 64.2 Å². The van der Waals surface area contributed by atoms with Gasteiger partial charge in [-0.1, -0.05) is 44.4 Å². The van der Waals surface area contributed by atoms with E-state index < -0.39 is 0 Å². The van der Waals surface area contributed by atoms with Crippen LogP contribution >= 0.6 is 0 Å². The number of aromatic nitrogens is 2. The Bertz CT molecular complexity index is 1250. The van der Waals surface area contributed by atoms with Gasteiger partial charge >= 0.3 is 0 Å². The van der Waals surface area contributed by atoms with Crippen LogP contribution in [0.4, 0.5) is 0 Å². The minimum atomic E-state index is 0.0720. The summed E-state index contributed by atoms with van der Waals surface area (Å²) in [6.45, 7) is 7.90. The summed E-state index contributed by atoms with van der Waals surface area (Å²) in [5.74, 6) is 1.49. The largest absolute Gasteiger partial charge is 0.341 e. The molecule has 2 fully saturated rings. The fourth-order valence-corrected chi connectivity index (χ4v) is 5.47. The Hall–Kier alpha value is -3.39. The summed E-state index contributed by atoms with van der Waals surface area (Å²) in [4.78, 5) is 23.7. The number of nitrogens with zero attached hydrogens (tertiary/aromatic N) is 3. The third-order valence-corrected chi connectivity index (χ3v) is 7.85. The molecular formula is C29H32N4O. The molecule has 34 heavy (non-hydrogen) atoms. The second-order valence-electron chi connectivity index (χ2n) is 10.3. The number of aryl methyl sites for hydroxylation is 2. The Labute approximate surface area is 201 Å². The molecule has 174 valence electrons. The summed E-state index contributed by atoms with van der Waals surface area (Å²) in [5.41, 5.74) is 6.92. The van der Waals surface area contributed by atoms with Crippen molar-refractivity contribution in [2.75, 3.05) is 13.1 Å². The molecule has 0 bridgehead atoms. The number of hydrogen-bond acceptors (Lipinski definition) is 3. The number of benzene rings is 2. The molecule has 0 radical (unpaired) electrons. The Morgan fingerprint density at radius 3 is 2.47 bits per heavy atom. The highest BCUT2D eigenvalue weighted by Gasteiger charge is 2.34. The highest BCUT2D eigenvalue weighted by molar-refractivity contribution is 5.96. The highest BCUT2D eigenvalue weighted by atomic mass is 16.2. The molecule has 1 amide bonds. The maximum Gasteiger partial charge on any atom is 0.253 e. The Morgan fingerprint density at radius 2 is 1.79 bits per heavy atom. The third-order valence-electron chi connectivity index (χ3n) is 7.85. The lowest BCUT2D eigenvalue weighted by Crippen LogP contribution is -2.48. The quantitative estimate of drug-likeness (QED) is 0.525. The van der Waals surface area contributed by atoms with Gasteiger partial charge in [0.1, 0.15) is 5.82 Å². The molecule has 0 spiro atoms. The van der Waals surface area contributed by atoms with Gasteiger partial charge in [-0.15, -0.1) is 0 Å². The number of likely N-dealkylation sites (tertiary alicyclic amines) is 1. The molecule has 5 heteroatoms. The third kappa shape index (κ3) is 4.03. The van der Waals surface area contributed by atoms with Crippen molar-refractivity contribution in [1.29, 1.82) is 5.26 Å². The summed E-state index contributed by atoms with van der Waals surface area (Å²) < 4.78 is 0. The first kappa shape index (κ1) is 22.4. The Balaban J connectivity index is 1.34. The van der Waals surface area contributed by atoms with Crippen LogP contribution in [0.1, 0.15) is 83.5 Å². The van der Waals surface area contributed by atoms with Gasteiger partial charge in [0.25, 0.3) is 5.91 Å². The normalized spacial score (nSPS) is 17.8. The van der Waals surface area contributed by atoms with E-state index in [1.165, 1.54) is 37.7 Å². The van der Waals surface area contributed by atoms with Crippen LogP contribution in [0, 0.1) is 25.2 Å². The summed E-state index contributed by atoms with van der Waals surface area (Å²) in [6.07, 6.45) is 6.17. The molecule has 2 aliphatic rings. The van der Waals surface area contributed by atoms with Crippen LogP contribution in [0.3, 0.4) is 0 Å². The topological polar surface area (TPSA) is 72.8 Å². The number of hydrogen-bond donors (Lipinski definition) is 1. The molecule has 1 saturated carbocycles. The SMILES string of the molecule is Cc1ccc(C(=O)N2CC(c3ccc(C#N)cc3)C2)cc1-c1[nH]c(C2(C)CCCCC2)nc1C. The zero-order valence-electron chi connectivity index (χ0n) is 20.3. The van der Waals surface area contributed by atoms with E-state index in [0.717, 1.165) is 33.9 Å². The molecule has 0 unspecified atom stereocenters. The van der Waals surface area contributed by atoms with Gasteiger partial charge in [-0.3, -0.25) is 4.79 Å². The molecule has 1 N–H and O–H groups in total. The van der Waals surface area contributed by atoms with Crippen LogP contribution in [0.5, 0.6) is 0 Å². The molecule has 2 aromatic carbocycles. The first-order valence-electron chi connectivity index (χ1n) is 12.4. The van der Waals surface area contributed by atoms with Crippen molar-refractivity contribution in [2.24, 2.45) is 0 Å². The average molecular weight is 453 g/mol. The van der Waals surface area contributed by atoms with E-state index in [9.17, 15) is 4.79 Å². The zero-order valence-corrected chi connectivity index (χ0v) is 20.3. The number of carbonyl (C=O) groups excluding carboxylic acids is 1. The van der Waals surface area contributed by atoms with E-state index in [1.54, 1.807) is 0 Å². The van der Waals surface area contributed by atoms with Crippen molar-refractivity contribution < 1.29 is 4.79 Å². The summed E-state index contributed by atoms with van der Waals surface area (Å²) in [5, 5.41) is 8.99. The van der Waals surface area contributed by atoms with E-state index >= 15 is 0 Å². The van der Waals surface area contributed by atoms with E-state index in [-0.39, 0.29) is 11.3 Å². The number of rotatable bonds is 4. The van der Waals surface area contributed by atoms with Crippen molar-refractivity contribution in [3.63, 3.8) is 0 Å². The van der Waals surface area contributed by atoms with Crippen molar-refractivity contribution >= 4 is 5.91 Å². The molecule has 1 aromatic heterocycles. The maximum atomic E-state index is 13.2. The molecule has 1 aliphatic carbocycles. The zero-order chi connectivity index (χ0) is 23.9. The smallest absolute Gasteiger partial charge is 0.253 e. The molecular weight excluding hydrogens is 420 g/mol. The summed E-state index contributed by atoms with van der Waals surface area (Å²) in [7, 11) is 0. The van der Waals surface area contributed by atoms with Gasteiger partial charge in [0.2, 0.25) is 0 Å². The fourth-order valence-electron chi connectivity index (χ4n) is 5.47. The first-order chi connectivity index (χ1) is 16.4. The van der Waals surface area contributed by atoms with Gasteiger partial charge in [-0.2, -0.15) is 5.26 Å². The average Bonchev–Trinajstić information content (AvgIpc) is 3.21. The number of nitriles is 1. The van der Waals surface area contributed by atoms with Crippen molar-refractivity contribution in [3.8, 4) is 17.3 Å². The second-order valence-corrected chi connectivity index (χ2v) is 10.3. The van der Waals surface area contributed by atoms with Gasteiger partial charge in [0, 0.05) is 35.5 Å². The van der Waals surface area contributed by atoms with Crippen molar-refractivity contribution in [1.82, 2.24) is 14.9 Å². The van der Waals surface area contributed by atoms with Gasteiger partial charge in [-0.05, 0) is 62.1 Å². The first-order valence-corrected chi connectivity index (χ1v) is 12.4. The van der Waals surface area contributed by atoms with Crippen LogP contribution < -0.4 is 0 Å². The van der Waals surface area contributed by atoms with Gasteiger partial charge in [0.15, 0.2) is 0 Å². The molecule has 2 heterocycles. The Kier molecular flexibility index (Phi) is 5.77. The predicted octanol–water partition coefficient (Wildman–Crippen LogP) is 6.03. The molecule has 1 saturated heterocycles. The lowest BCUT2D eigenvalue weighted by Gasteiger charge is -2.39. The van der Waals surface area contributed by atoms with Crippen LogP contribution in [0.2, 0.25) is 0 Å². The number of aromatic amines is 1. The van der Waals surface area contributed by atoms with E-state index in [1.807, 2.05) is 47.4 Å². The number of H-pyrrole nitrogens is 1. The monoisotopic (exact) mass is 452 g/mol. The molecule has 3 aromatic rings. The molecule has 5 rings (SSSR count). The molecule has 5 nitrogen and oxygen atoms in total. The van der Waals surface area contributed by atoms with Gasteiger partial charge < -0.3 is 9.88 Å². The number of imidazole rings is 1. The van der Waals surface area contributed by atoms with Crippen LogP contribution in [0.15, 0.2) is 42.5 Å². The molecule has 0 atom stereocenters. The lowest BCUT2D eigenvalue weighted by molar-refractivity contribution is 0.0602. The molecule has 1 aliphatic heterocycles. The van der Waals surface area contributed by atoms with Crippen LogP contribution in [-0.4, -0.2) is 33.9 Å². The van der Waals surface area contributed by atoms with E-state index in [2.05, 4.69) is 31.8 Å². The summed E-state index contributed by atoms with van der Waals surface area (Å²) >= 11 is 0. The minimum absolute atomic E-state index is 0.0720. The standard InChI is InChI=1S/C29H32N4O/c1-19-7-10-23(27(34)33-17-24(18-33)22-11-8-21(16-30)9-12-22)15-25(19)26-20(2)31-28(32-26)29(3)13-5-4-6-14-29/h7-12,15,24H,4-6,13-14,17-18H2,1-3H3,(H,31,32). The van der Waals surface area contributed by atoms with Crippen molar-refractivity contribution in [3.05, 3.63) is 76.2 Å². The van der Waals surface area contributed by atoms with E-state index in [4.69, 9.17) is 10.2 Å². The number of amides is 1. The lowest BCUT2D eigenvalue weighted by atomic mass is 9.75. The van der Waals surface area contributed by atoms with E-state index in [0.29, 0.717) is 24.6 Å². The van der Waals surface area contributed by atoms with Gasteiger partial charge in [0.05, 0.1) is 23.0 Å². The summed E-state index contributed by atoms with van der Waals surface area (Å²) in [6, 6.07) is 15.9. The number of carbonyl (C=O) groups is 1. The predicted molar refractivity (Wildman–Crippen MR) is 134 cm³/mol. The Morgan fingerprint density at radius 1 is 1.09 bits per heavy atom. The van der Waals surface area contributed by atoms with Gasteiger partial charge in [-0.25, -0.2) is 4.98 Å². The number of nitrogens with one attached hydrogen (secondary N) is 1. The second kappa shape index (κ2) is 8.76. The minimum Gasteiger partial charge on any atom is -0.341 e. The van der Waals surface area contributed by atoms with Crippen LogP contribution in [-0.2, 0) is 5.41 Å².